The van der Waals surface area contributed by atoms with Gasteiger partial charge in [-0.2, -0.15) is 30.7 Å². The van der Waals surface area contributed by atoms with E-state index in [4.69, 9.17) is 4.74 Å². The molecule has 17 heteroatoms. The van der Waals surface area contributed by atoms with E-state index < -0.39 is 61.9 Å². The minimum atomic E-state index is -6.75. The van der Waals surface area contributed by atoms with Crippen molar-refractivity contribution in [3.63, 3.8) is 0 Å². The number of benzene rings is 2. The zero-order valence-electron chi connectivity index (χ0n) is 17.7. The van der Waals surface area contributed by atoms with E-state index in [0.29, 0.717) is 17.8 Å². The van der Waals surface area contributed by atoms with Crippen molar-refractivity contribution in [3.05, 3.63) is 52.6 Å². The van der Waals surface area contributed by atoms with Crippen LogP contribution in [0.3, 0.4) is 0 Å². The first-order chi connectivity index (χ1) is 16.5. The molecule has 1 atom stereocenters. The highest BCUT2D eigenvalue weighted by atomic mass is 32.2. The fraction of sp³-hybridized carbons (Fsp3) is 0.263. The van der Waals surface area contributed by atoms with E-state index in [1.54, 1.807) is 0 Å². The fourth-order valence-corrected chi connectivity index (χ4v) is 3.54. The van der Waals surface area contributed by atoms with Crippen LogP contribution in [0.5, 0.6) is 5.75 Å². The third-order valence-corrected chi connectivity index (χ3v) is 5.55. The largest absolute Gasteiger partial charge is 0.477 e. The molecule has 0 aliphatic heterocycles. The first kappa shape index (κ1) is 28.5. The molecule has 9 nitrogen and oxygen atoms in total. The molecule has 0 saturated carbocycles. The number of alkyl halides is 7. The normalized spacial score (nSPS) is 13.0. The molecule has 2 aromatic rings. The van der Waals surface area contributed by atoms with Crippen molar-refractivity contribution in [3.8, 4) is 5.75 Å². The second kappa shape index (κ2) is 10.5. The molecule has 0 fully saturated rings. The van der Waals surface area contributed by atoms with Crippen molar-refractivity contribution in [2.45, 2.75) is 29.2 Å². The van der Waals surface area contributed by atoms with E-state index in [-0.39, 0.29) is 17.7 Å². The SMILES string of the molecule is CC(=O)Nc1ccc(NC(=O)COc2ccc(S(=O)C(F)(F)C(F)(F)C(F)(F)F)cc2[N+](=O)[O-])cc1. The highest BCUT2D eigenvalue weighted by molar-refractivity contribution is 7.86. The Labute approximate surface area is 199 Å². The molecule has 0 bridgehead atoms. The zero-order valence-corrected chi connectivity index (χ0v) is 18.5. The van der Waals surface area contributed by atoms with Crippen LogP contribution in [0, 0.1) is 10.1 Å². The van der Waals surface area contributed by atoms with Gasteiger partial charge in [-0.25, -0.2) is 4.21 Å². The smallest absolute Gasteiger partial charge is 0.461 e. The summed E-state index contributed by atoms with van der Waals surface area (Å²) in [6, 6.07) is 6.63. The Morgan fingerprint density at radius 3 is 1.97 bits per heavy atom. The lowest BCUT2D eigenvalue weighted by Gasteiger charge is -2.27. The number of anilines is 2. The number of nitrogens with zero attached hydrogens (tertiary/aromatic N) is 1. The highest BCUT2D eigenvalue weighted by Crippen LogP contribution is 2.49. The number of nitro groups is 1. The molecule has 2 aromatic carbocycles. The third-order valence-electron chi connectivity index (χ3n) is 4.14. The number of hydrogen-bond donors (Lipinski definition) is 2. The molecular weight excluding hydrogens is 531 g/mol. The maximum absolute atomic E-state index is 13.7. The van der Waals surface area contributed by atoms with Crippen LogP contribution < -0.4 is 15.4 Å². The number of hydrogen-bond acceptors (Lipinski definition) is 6. The molecule has 2 rings (SSSR count). The summed E-state index contributed by atoms with van der Waals surface area (Å²) in [6.07, 6.45) is -6.75. The van der Waals surface area contributed by atoms with Gasteiger partial charge in [-0.05, 0) is 36.4 Å². The molecule has 2 amide bonds. The van der Waals surface area contributed by atoms with Crippen LogP contribution in [0.4, 0.5) is 47.8 Å². The minimum Gasteiger partial charge on any atom is -0.477 e. The summed E-state index contributed by atoms with van der Waals surface area (Å²) < 4.78 is 107. The van der Waals surface area contributed by atoms with Crippen LogP contribution >= 0.6 is 0 Å². The first-order valence-electron chi connectivity index (χ1n) is 9.30. The number of carbonyl (C=O) groups is 2. The second-order valence-corrected chi connectivity index (χ2v) is 8.36. The van der Waals surface area contributed by atoms with Gasteiger partial charge in [-0.1, -0.05) is 0 Å². The van der Waals surface area contributed by atoms with E-state index in [1.165, 1.54) is 31.2 Å². The first-order valence-corrected chi connectivity index (χ1v) is 10.5. The molecule has 0 spiro atoms. The Morgan fingerprint density at radius 1 is 0.972 bits per heavy atom. The molecule has 0 aliphatic rings. The number of rotatable bonds is 9. The molecule has 0 aromatic heterocycles. The van der Waals surface area contributed by atoms with E-state index in [1.807, 2.05) is 0 Å². The Kier molecular flexibility index (Phi) is 8.28. The summed E-state index contributed by atoms with van der Waals surface area (Å²) in [4.78, 5) is 31.6. The van der Waals surface area contributed by atoms with Crippen LogP contribution in [0.25, 0.3) is 0 Å². The van der Waals surface area contributed by atoms with Crippen LogP contribution in [-0.4, -0.2) is 44.9 Å². The lowest BCUT2D eigenvalue weighted by Crippen LogP contribution is -2.54. The molecule has 0 radical (unpaired) electrons. The van der Waals surface area contributed by atoms with Gasteiger partial charge < -0.3 is 15.4 Å². The van der Waals surface area contributed by atoms with Gasteiger partial charge in [0, 0.05) is 24.4 Å². The standard InChI is InChI=1S/C19H14F7N3O6S/c1-10(30)27-11-2-4-12(5-3-11)28-16(31)9-35-15-7-6-13(8-14(15)29(32)33)36(34)19(25,26)17(20,21)18(22,23)24/h2-8H,9H2,1H3,(H,27,30)(H,28,31). The summed E-state index contributed by atoms with van der Waals surface area (Å²) >= 11 is 0. The number of nitrogens with one attached hydrogen (secondary N) is 2. The summed E-state index contributed by atoms with van der Waals surface area (Å²) in [5.41, 5.74) is -0.575. The average Bonchev–Trinajstić information content (AvgIpc) is 2.77. The van der Waals surface area contributed by atoms with Gasteiger partial charge in [-0.15, -0.1) is 0 Å². The van der Waals surface area contributed by atoms with Gasteiger partial charge in [0.25, 0.3) is 5.91 Å². The number of ether oxygens (including phenoxy) is 1. The highest BCUT2D eigenvalue weighted by Gasteiger charge is 2.76. The van der Waals surface area contributed by atoms with Gasteiger partial charge in [0.15, 0.2) is 12.4 Å². The van der Waals surface area contributed by atoms with Crippen molar-refractivity contribution < 1.29 is 54.2 Å². The van der Waals surface area contributed by atoms with Gasteiger partial charge in [0.2, 0.25) is 5.91 Å². The fourth-order valence-electron chi connectivity index (χ4n) is 2.49. The number of carbonyl (C=O) groups excluding carboxylic acids is 2. The Bertz CT molecular complexity index is 1190. The molecular formula is C19H14F7N3O6S. The monoisotopic (exact) mass is 545 g/mol. The maximum atomic E-state index is 13.7. The van der Waals surface area contributed by atoms with E-state index in [2.05, 4.69) is 10.6 Å². The van der Waals surface area contributed by atoms with Crippen LogP contribution in [0.1, 0.15) is 6.92 Å². The number of nitro benzene ring substituents is 1. The predicted octanol–water partition coefficient (Wildman–Crippen LogP) is 4.47. The average molecular weight is 545 g/mol. The van der Waals surface area contributed by atoms with Crippen LogP contribution in [-0.2, 0) is 20.4 Å². The van der Waals surface area contributed by atoms with Crippen molar-refractivity contribution in [2.75, 3.05) is 17.2 Å². The minimum absolute atomic E-state index is 0.0739. The molecule has 196 valence electrons. The van der Waals surface area contributed by atoms with Gasteiger partial charge >= 0.3 is 23.0 Å². The second-order valence-electron chi connectivity index (χ2n) is 6.84. The third kappa shape index (κ3) is 6.27. The molecule has 2 N–H and O–H groups in total. The quantitative estimate of drug-likeness (QED) is 0.272. The van der Waals surface area contributed by atoms with Crippen LogP contribution in [0.15, 0.2) is 47.4 Å². The number of halogens is 7. The van der Waals surface area contributed by atoms with E-state index >= 15 is 0 Å². The summed E-state index contributed by atoms with van der Waals surface area (Å²) in [6.45, 7) is 0.402. The van der Waals surface area contributed by atoms with E-state index in [9.17, 15) is 54.6 Å². The van der Waals surface area contributed by atoms with Crippen molar-refractivity contribution in [2.24, 2.45) is 0 Å². The zero-order chi connectivity index (χ0) is 27.5. The molecule has 0 heterocycles. The van der Waals surface area contributed by atoms with Gasteiger partial charge in [0.05, 0.1) is 9.82 Å². The molecule has 1 unspecified atom stereocenters. The summed E-state index contributed by atoms with van der Waals surface area (Å²) in [5.74, 6) is -8.65. The maximum Gasteiger partial charge on any atom is 0.461 e. The Morgan fingerprint density at radius 2 is 1.50 bits per heavy atom. The van der Waals surface area contributed by atoms with Gasteiger partial charge in [-0.3, -0.25) is 19.7 Å². The topological polar surface area (TPSA) is 128 Å². The Balaban J connectivity index is 2.17. The molecule has 0 saturated heterocycles. The summed E-state index contributed by atoms with van der Waals surface area (Å²) in [5, 5.41) is 9.89. The predicted molar refractivity (Wildman–Crippen MR) is 110 cm³/mol. The van der Waals surface area contributed by atoms with Crippen molar-refractivity contribution >= 4 is 39.7 Å². The van der Waals surface area contributed by atoms with E-state index in [0.717, 1.165) is 0 Å². The molecule has 36 heavy (non-hydrogen) atoms. The van der Waals surface area contributed by atoms with Crippen molar-refractivity contribution in [1.29, 1.82) is 0 Å². The Hall–Kier alpha value is -3.76. The molecule has 0 aliphatic carbocycles. The number of amides is 2. The lowest BCUT2D eigenvalue weighted by molar-refractivity contribution is -0.386. The van der Waals surface area contributed by atoms with Gasteiger partial charge in [0.1, 0.15) is 10.8 Å². The van der Waals surface area contributed by atoms with Crippen molar-refractivity contribution in [1.82, 2.24) is 0 Å². The summed E-state index contributed by atoms with van der Waals surface area (Å²) in [7, 11) is -4.36. The van der Waals surface area contributed by atoms with Crippen LogP contribution in [0.2, 0.25) is 0 Å². The lowest BCUT2D eigenvalue weighted by atomic mass is 10.2.